The van der Waals surface area contributed by atoms with Crippen molar-refractivity contribution >= 4 is 27.6 Å². The normalized spacial score (nSPS) is 10.8. The average molecular weight is 285 g/mol. The third-order valence-electron chi connectivity index (χ3n) is 3.17. The number of benzene rings is 2. The number of hydrogen-bond donors (Lipinski definition) is 1. The van der Waals surface area contributed by atoms with Gasteiger partial charge in [0.25, 0.3) is 5.56 Å². The number of hydrogen-bond acceptors (Lipinski definition) is 3. The first-order chi connectivity index (χ1) is 9.58. The van der Waals surface area contributed by atoms with Gasteiger partial charge >= 0.3 is 5.97 Å². The van der Waals surface area contributed by atoms with Crippen molar-refractivity contribution in [1.29, 1.82) is 0 Å². The van der Waals surface area contributed by atoms with Gasteiger partial charge < -0.3 is 5.11 Å². The summed E-state index contributed by atoms with van der Waals surface area (Å²) in [4.78, 5) is 23.5. The van der Waals surface area contributed by atoms with Gasteiger partial charge in [-0.05, 0) is 36.8 Å². The van der Waals surface area contributed by atoms with Crippen molar-refractivity contribution in [3.8, 4) is 5.69 Å². The first-order valence-corrected chi connectivity index (χ1v) is 6.80. The van der Waals surface area contributed by atoms with Crippen molar-refractivity contribution in [1.82, 2.24) is 3.96 Å². The van der Waals surface area contributed by atoms with Gasteiger partial charge in [0.15, 0.2) is 0 Å². The molecule has 1 aromatic heterocycles. The van der Waals surface area contributed by atoms with Gasteiger partial charge in [-0.2, -0.15) is 0 Å². The van der Waals surface area contributed by atoms with Crippen LogP contribution in [0.2, 0.25) is 0 Å². The minimum absolute atomic E-state index is 0.115. The Labute approximate surface area is 118 Å². The Bertz CT molecular complexity index is 876. The number of fused-ring (bicyclic) bond motifs is 1. The molecule has 0 aliphatic rings. The van der Waals surface area contributed by atoms with Crippen LogP contribution in [0.5, 0.6) is 0 Å². The smallest absolute Gasteiger partial charge is 0.335 e. The molecular weight excluding hydrogens is 274 g/mol. The van der Waals surface area contributed by atoms with E-state index >= 15 is 0 Å². The maximum Gasteiger partial charge on any atom is 0.335 e. The van der Waals surface area contributed by atoms with Gasteiger partial charge in [0.2, 0.25) is 0 Å². The van der Waals surface area contributed by atoms with E-state index in [2.05, 4.69) is 0 Å². The molecule has 0 radical (unpaired) electrons. The highest BCUT2D eigenvalue weighted by atomic mass is 32.1. The summed E-state index contributed by atoms with van der Waals surface area (Å²) in [6.07, 6.45) is 0. The summed E-state index contributed by atoms with van der Waals surface area (Å²) in [5.74, 6) is -1.000. The molecule has 1 heterocycles. The van der Waals surface area contributed by atoms with E-state index < -0.39 is 5.97 Å². The van der Waals surface area contributed by atoms with Crippen LogP contribution >= 0.6 is 11.5 Å². The van der Waals surface area contributed by atoms with Gasteiger partial charge in [-0.3, -0.25) is 4.79 Å². The van der Waals surface area contributed by atoms with Crippen molar-refractivity contribution in [2.45, 2.75) is 6.92 Å². The Kier molecular flexibility index (Phi) is 2.91. The molecule has 0 aliphatic carbocycles. The van der Waals surface area contributed by atoms with E-state index in [4.69, 9.17) is 5.11 Å². The van der Waals surface area contributed by atoms with E-state index in [0.29, 0.717) is 11.1 Å². The predicted octanol–water partition coefficient (Wildman–Crippen LogP) is 3.06. The summed E-state index contributed by atoms with van der Waals surface area (Å²) in [5.41, 5.74) is 1.55. The molecule has 0 saturated heterocycles. The maximum atomic E-state index is 12.4. The quantitative estimate of drug-likeness (QED) is 0.787. The minimum atomic E-state index is -1.000. The van der Waals surface area contributed by atoms with Crippen LogP contribution in [0.25, 0.3) is 15.8 Å². The summed E-state index contributed by atoms with van der Waals surface area (Å²) in [7, 11) is 0. The molecule has 4 nitrogen and oxygen atoms in total. The number of carboxylic acid groups (broad SMARTS) is 1. The fourth-order valence-corrected chi connectivity index (χ4v) is 3.16. The summed E-state index contributed by atoms with van der Waals surface area (Å²) < 4.78 is 2.43. The second kappa shape index (κ2) is 4.61. The van der Waals surface area contributed by atoms with Crippen molar-refractivity contribution in [3.05, 3.63) is 63.9 Å². The van der Waals surface area contributed by atoms with Crippen LogP contribution in [0.4, 0.5) is 0 Å². The van der Waals surface area contributed by atoms with E-state index in [-0.39, 0.29) is 11.1 Å². The molecule has 0 spiro atoms. The molecule has 0 saturated carbocycles. The summed E-state index contributed by atoms with van der Waals surface area (Å²) in [6, 6.07) is 12.2. The summed E-state index contributed by atoms with van der Waals surface area (Å²) in [5, 5.41) is 9.72. The molecule has 0 unspecified atom stereocenters. The number of nitrogens with zero attached hydrogens (tertiary/aromatic N) is 1. The predicted molar refractivity (Wildman–Crippen MR) is 79.1 cm³/mol. The Morgan fingerprint density at radius 2 is 1.95 bits per heavy atom. The monoisotopic (exact) mass is 285 g/mol. The molecule has 0 atom stereocenters. The highest BCUT2D eigenvalue weighted by molar-refractivity contribution is 7.14. The lowest BCUT2D eigenvalue weighted by molar-refractivity contribution is 0.0697. The van der Waals surface area contributed by atoms with Gasteiger partial charge in [0.1, 0.15) is 0 Å². The Hall–Kier alpha value is -2.40. The van der Waals surface area contributed by atoms with E-state index in [1.807, 2.05) is 25.1 Å². The van der Waals surface area contributed by atoms with Crippen molar-refractivity contribution in [2.24, 2.45) is 0 Å². The zero-order chi connectivity index (χ0) is 14.3. The lowest BCUT2D eigenvalue weighted by atomic mass is 10.1. The fraction of sp³-hybridized carbons (Fsp3) is 0.0667. The van der Waals surface area contributed by atoms with Crippen LogP contribution in [0.3, 0.4) is 0 Å². The maximum absolute atomic E-state index is 12.4. The second-order valence-electron chi connectivity index (χ2n) is 4.49. The first kappa shape index (κ1) is 12.6. The molecule has 100 valence electrons. The number of carboxylic acids is 1. The highest BCUT2D eigenvalue weighted by Gasteiger charge is 2.13. The third-order valence-corrected chi connectivity index (χ3v) is 4.26. The molecule has 1 N–H and O–H groups in total. The van der Waals surface area contributed by atoms with Crippen LogP contribution in [0, 0.1) is 6.92 Å². The molecule has 0 amide bonds. The number of rotatable bonds is 2. The summed E-state index contributed by atoms with van der Waals surface area (Å²) >= 11 is 1.32. The lowest BCUT2D eigenvalue weighted by Crippen LogP contribution is -2.12. The first-order valence-electron chi connectivity index (χ1n) is 6.03. The SMILES string of the molecule is Cc1ccc(C(=O)O)cc1-n1sc2ccccc2c1=O. The molecule has 2 aromatic carbocycles. The molecule has 3 rings (SSSR count). The molecule has 20 heavy (non-hydrogen) atoms. The summed E-state index contributed by atoms with van der Waals surface area (Å²) in [6.45, 7) is 1.86. The molecule has 0 bridgehead atoms. The van der Waals surface area contributed by atoms with Gasteiger partial charge in [0.05, 0.1) is 21.3 Å². The number of aromatic nitrogens is 1. The van der Waals surface area contributed by atoms with E-state index in [1.165, 1.54) is 17.6 Å². The fourth-order valence-electron chi connectivity index (χ4n) is 2.09. The van der Waals surface area contributed by atoms with Gasteiger partial charge in [-0.1, -0.05) is 29.7 Å². The van der Waals surface area contributed by atoms with Crippen molar-refractivity contribution in [2.75, 3.05) is 0 Å². The zero-order valence-corrected chi connectivity index (χ0v) is 11.5. The highest BCUT2D eigenvalue weighted by Crippen LogP contribution is 2.22. The Morgan fingerprint density at radius 3 is 2.65 bits per heavy atom. The minimum Gasteiger partial charge on any atom is -0.478 e. The van der Waals surface area contributed by atoms with Crippen LogP contribution < -0.4 is 5.56 Å². The standard InChI is InChI=1S/C15H11NO3S/c1-9-6-7-10(15(18)19)8-12(9)16-14(17)11-4-2-3-5-13(11)20-16/h2-8H,1H3,(H,18,19). The van der Waals surface area contributed by atoms with Crippen LogP contribution in [-0.2, 0) is 0 Å². The number of carbonyl (C=O) groups is 1. The van der Waals surface area contributed by atoms with Crippen molar-refractivity contribution in [3.63, 3.8) is 0 Å². The average Bonchev–Trinajstić information content (AvgIpc) is 2.77. The van der Waals surface area contributed by atoms with Crippen LogP contribution in [-0.4, -0.2) is 15.0 Å². The second-order valence-corrected chi connectivity index (χ2v) is 5.48. The zero-order valence-electron chi connectivity index (χ0n) is 10.7. The molecule has 0 aliphatic heterocycles. The van der Waals surface area contributed by atoms with E-state index in [9.17, 15) is 9.59 Å². The molecule has 3 aromatic rings. The van der Waals surface area contributed by atoms with E-state index in [1.54, 1.807) is 22.2 Å². The molecule has 0 fully saturated rings. The van der Waals surface area contributed by atoms with Gasteiger partial charge in [-0.25, -0.2) is 8.75 Å². The number of aryl methyl sites for hydroxylation is 1. The molecule has 5 heteroatoms. The van der Waals surface area contributed by atoms with Gasteiger partial charge in [-0.15, -0.1) is 0 Å². The van der Waals surface area contributed by atoms with E-state index in [0.717, 1.165) is 10.3 Å². The third kappa shape index (κ3) is 1.92. The largest absolute Gasteiger partial charge is 0.478 e. The number of aromatic carboxylic acids is 1. The molecular formula is C15H11NO3S. The van der Waals surface area contributed by atoms with Gasteiger partial charge in [0, 0.05) is 0 Å². The Balaban J connectivity index is 2.30. The topological polar surface area (TPSA) is 59.3 Å². The van der Waals surface area contributed by atoms with Crippen LogP contribution in [0.1, 0.15) is 15.9 Å². The van der Waals surface area contributed by atoms with Crippen molar-refractivity contribution < 1.29 is 9.90 Å². The lowest BCUT2D eigenvalue weighted by Gasteiger charge is -2.06. The Morgan fingerprint density at radius 1 is 1.20 bits per heavy atom. The van der Waals surface area contributed by atoms with Crippen LogP contribution in [0.15, 0.2) is 47.3 Å².